The topological polar surface area (TPSA) is 114 Å². The Morgan fingerprint density at radius 3 is 1.61 bits per heavy atom. The molecule has 0 aromatic heterocycles. The molecule has 0 aliphatic rings. The van der Waals surface area contributed by atoms with E-state index < -0.39 is 24.5 Å². The van der Waals surface area contributed by atoms with Crippen molar-refractivity contribution < 1.29 is 142 Å². The molecule has 1 aromatic rings. The summed E-state index contributed by atoms with van der Waals surface area (Å²) >= 11 is 0. The summed E-state index contributed by atoms with van der Waals surface area (Å²) in [6.45, 7) is 0. The van der Waals surface area contributed by atoms with Crippen molar-refractivity contribution >= 4 is 26.3 Å². The molecule has 0 aliphatic carbocycles. The minimum absolute atomic E-state index is 0. The SMILES string of the molecule is O=S(=O)([O-])C(=Cc1ccccc1)S(=O)(=O)[O-].[Rb+].[Rb+]. The van der Waals surface area contributed by atoms with Gasteiger partial charge in [-0.25, -0.2) is 16.8 Å². The van der Waals surface area contributed by atoms with Crippen LogP contribution >= 0.6 is 0 Å². The monoisotopic (exact) mass is 432 g/mol. The van der Waals surface area contributed by atoms with Gasteiger partial charge in [0.15, 0.2) is 0 Å². The number of hydrogen-bond acceptors (Lipinski definition) is 6. The molecule has 6 nitrogen and oxygen atoms in total. The van der Waals surface area contributed by atoms with Gasteiger partial charge < -0.3 is 9.11 Å². The molecule has 0 spiro atoms. The van der Waals surface area contributed by atoms with Gasteiger partial charge >= 0.3 is 116 Å². The standard InChI is InChI=1S/C8H8O6S2.2Rb/c9-15(10,11)8(16(12,13)14)6-7-4-2-1-3-5-7;;/h1-6H,(H,9,10,11)(H,12,13,14);;/q;2*+1/p-2. The van der Waals surface area contributed by atoms with E-state index >= 15 is 0 Å². The summed E-state index contributed by atoms with van der Waals surface area (Å²) in [6.07, 6.45) is 0.532. The van der Waals surface area contributed by atoms with Crippen molar-refractivity contribution in [1.29, 1.82) is 0 Å². The van der Waals surface area contributed by atoms with E-state index in [4.69, 9.17) is 0 Å². The van der Waals surface area contributed by atoms with E-state index in [0.29, 0.717) is 6.08 Å². The van der Waals surface area contributed by atoms with Gasteiger partial charge in [-0.3, -0.25) is 0 Å². The van der Waals surface area contributed by atoms with Crippen molar-refractivity contribution in [2.75, 3.05) is 0 Å². The Kier molecular flexibility index (Phi) is 11.9. The van der Waals surface area contributed by atoms with Crippen LogP contribution in [0.4, 0.5) is 0 Å². The Bertz CT molecular complexity index is 572. The molecule has 88 valence electrons. The predicted octanol–water partition coefficient (Wildman–Crippen LogP) is -5.92. The van der Waals surface area contributed by atoms with Crippen LogP contribution in [0.1, 0.15) is 5.56 Å². The molecule has 0 bridgehead atoms. The predicted molar refractivity (Wildman–Crippen MR) is 53.8 cm³/mol. The summed E-state index contributed by atoms with van der Waals surface area (Å²) in [5, 5.41) is 0. The van der Waals surface area contributed by atoms with Gasteiger partial charge in [0.05, 0.1) is 0 Å². The molecule has 1 aromatic carbocycles. The van der Waals surface area contributed by atoms with Crippen molar-refractivity contribution in [2.24, 2.45) is 0 Å². The molecule has 0 heterocycles. The fraction of sp³-hybridized carbons (Fsp3) is 0. The van der Waals surface area contributed by atoms with Gasteiger partial charge in [-0.05, 0) is 11.6 Å². The molecule has 1 rings (SSSR count). The molecule has 0 radical (unpaired) electrons. The van der Waals surface area contributed by atoms with Crippen molar-refractivity contribution in [1.82, 2.24) is 0 Å². The molecule has 0 fully saturated rings. The Hall–Kier alpha value is 2.39. The minimum Gasteiger partial charge on any atom is -0.744 e. The van der Waals surface area contributed by atoms with E-state index in [0.717, 1.165) is 0 Å². The molecular weight excluding hydrogens is 427 g/mol. The van der Waals surface area contributed by atoms with Crippen LogP contribution < -0.4 is 116 Å². The van der Waals surface area contributed by atoms with E-state index in [-0.39, 0.29) is 122 Å². The van der Waals surface area contributed by atoms with E-state index in [1.165, 1.54) is 24.3 Å². The van der Waals surface area contributed by atoms with Crippen LogP contribution in [0.25, 0.3) is 6.08 Å². The van der Waals surface area contributed by atoms with E-state index in [9.17, 15) is 25.9 Å². The molecule has 10 heteroatoms. The largest absolute Gasteiger partial charge is 1.00 e. The van der Waals surface area contributed by atoms with E-state index in [1.807, 2.05) is 0 Å². The van der Waals surface area contributed by atoms with Crippen molar-refractivity contribution in [3.05, 3.63) is 40.1 Å². The van der Waals surface area contributed by atoms with Crippen molar-refractivity contribution in [3.63, 3.8) is 0 Å². The van der Waals surface area contributed by atoms with Gasteiger partial charge in [-0.2, -0.15) is 0 Å². The third-order valence-corrected chi connectivity index (χ3v) is 4.02. The average molecular weight is 433 g/mol. The van der Waals surface area contributed by atoms with Gasteiger partial charge in [0, 0.05) is 0 Å². The van der Waals surface area contributed by atoms with Crippen LogP contribution in [0.3, 0.4) is 0 Å². The summed E-state index contributed by atoms with van der Waals surface area (Å²) in [5.41, 5.74) is 0.136. The fourth-order valence-corrected chi connectivity index (χ4v) is 2.52. The zero-order valence-electron chi connectivity index (χ0n) is 9.73. The second-order valence-electron chi connectivity index (χ2n) is 2.78. The van der Waals surface area contributed by atoms with Gasteiger partial charge in [0.1, 0.15) is 24.5 Å². The van der Waals surface area contributed by atoms with Crippen LogP contribution in [0.5, 0.6) is 0 Å². The quantitative estimate of drug-likeness (QED) is 0.439. The van der Waals surface area contributed by atoms with Crippen LogP contribution in [0, 0.1) is 0 Å². The van der Waals surface area contributed by atoms with Crippen LogP contribution in [0.2, 0.25) is 0 Å². The normalized spacial score (nSPS) is 10.8. The Morgan fingerprint density at radius 1 is 0.889 bits per heavy atom. The zero-order valence-corrected chi connectivity index (χ0v) is 21.2. The maximum absolute atomic E-state index is 10.6. The molecule has 0 unspecified atom stereocenters. The first-order chi connectivity index (χ1) is 7.21. The average Bonchev–Trinajstić information content (AvgIpc) is 2.12. The Morgan fingerprint density at radius 2 is 1.28 bits per heavy atom. The van der Waals surface area contributed by atoms with Gasteiger partial charge in [-0.15, -0.1) is 0 Å². The van der Waals surface area contributed by atoms with Crippen molar-refractivity contribution in [2.45, 2.75) is 0 Å². The minimum atomic E-state index is -5.31. The summed E-state index contributed by atoms with van der Waals surface area (Å²) in [7, 11) is -10.6. The molecule has 0 amide bonds. The van der Waals surface area contributed by atoms with Crippen LogP contribution in [0.15, 0.2) is 34.6 Å². The number of benzene rings is 1. The third kappa shape index (κ3) is 7.99. The summed E-state index contributed by atoms with van der Waals surface area (Å²) in [6, 6.07) is 7.32. The molecule has 0 atom stereocenters. The molecule has 0 saturated carbocycles. The second-order valence-corrected chi connectivity index (χ2v) is 5.74. The first-order valence-electron chi connectivity index (χ1n) is 3.90. The van der Waals surface area contributed by atoms with Gasteiger partial charge in [0.2, 0.25) is 0 Å². The molecule has 0 saturated heterocycles. The molecule has 18 heavy (non-hydrogen) atoms. The maximum Gasteiger partial charge on any atom is 1.00 e. The first-order valence-corrected chi connectivity index (χ1v) is 6.71. The van der Waals surface area contributed by atoms with Gasteiger partial charge in [-0.1, -0.05) is 30.3 Å². The second kappa shape index (κ2) is 9.42. The zero-order chi connectivity index (χ0) is 12.4. The van der Waals surface area contributed by atoms with E-state index in [1.54, 1.807) is 6.07 Å². The Balaban J connectivity index is 0. The van der Waals surface area contributed by atoms with Gasteiger partial charge in [0.25, 0.3) is 0 Å². The van der Waals surface area contributed by atoms with Crippen molar-refractivity contribution in [3.8, 4) is 0 Å². The maximum atomic E-state index is 10.6. The number of rotatable bonds is 3. The van der Waals surface area contributed by atoms with E-state index in [2.05, 4.69) is 0 Å². The first kappa shape index (κ1) is 22.7. The fourth-order valence-electron chi connectivity index (χ4n) is 0.955. The smallest absolute Gasteiger partial charge is 0.744 e. The summed E-state index contributed by atoms with van der Waals surface area (Å²) < 4.78 is 61.8. The Labute approximate surface area is 203 Å². The molecular formula is C8H6O6Rb2S2. The number of hydrogen-bond donors (Lipinski definition) is 0. The summed E-state index contributed by atoms with van der Waals surface area (Å²) in [4.78, 5) is 0. The van der Waals surface area contributed by atoms with Crippen LogP contribution in [-0.4, -0.2) is 25.9 Å². The molecule has 0 N–H and O–H groups in total. The third-order valence-electron chi connectivity index (χ3n) is 1.58. The molecule has 0 aliphatic heterocycles. The summed E-state index contributed by atoms with van der Waals surface area (Å²) in [5.74, 6) is 0. The van der Waals surface area contributed by atoms with Crippen LogP contribution in [-0.2, 0) is 20.2 Å².